The largest absolute Gasteiger partial charge is 0.351 e. The van der Waals surface area contributed by atoms with Crippen molar-refractivity contribution in [1.29, 1.82) is 0 Å². The number of rotatable bonds is 5. The van der Waals surface area contributed by atoms with Gasteiger partial charge in [0.1, 0.15) is 0 Å². The molecule has 0 atom stereocenters. The second-order valence-corrected chi connectivity index (χ2v) is 4.43. The minimum atomic E-state index is -0.252. The van der Waals surface area contributed by atoms with E-state index in [1.807, 2.05) is 0 Å². The fourth-order valence-electron chi connectivity index (χ4n) is 1.86. The number of hydrogen-bond donors (Lipinski definition) is 0. The summed E-state index contributed by atoms with van der Waals surface area (Å²) in [6, 6.07) is 2.12. The van der Waals surface area contributed by atoms with Crippen molar-refractivity contribution in [2.75, 3.05) is 11.4 Å². The van der Waals surface area contributed by atoms with E-state index in [1.54, 1.807) is 12.3 Å². The average molecular weight is 243 g/mol. The van der Waals surface area contributed by atoms with Crippen LogP contribution in [-0.2, 0) is 5.88 Å². The third kappa shape index (κ3) is 2.29. The molecule has 1 aliphatic rings. The lowest BCUT2D eigenvalue weighted by molar-refractivity contribution is 0.595. The molecule has 0 aromatic carbocycles. The fraction of sp³-hybridized carbons (Fsp3) is 0.583. The van der Waals surface area contributed by atoms with Crippen molar-refractivity contribution in [3.05, 3.63) is 23.6 Å². The lowest BCUT2D eigenvalue weighted by Crippen LogP contribution is -2.28. The molecule has 0 N–H and O–H groups in total. The zero-order valence-corrected chi connectivity index (χ0v) is 10.2. The molecule has 1 aliphatic carbocycles. The Labute approximate surface area is 100 Å². The molecule has 4 heteroatoms. The van der Waals surface area contributed by atoms with Crippen molar-refractivity contribution in [2.45, 2.75) is 38.1 Å². The van der Waals surface area contributed by atoms with Gasteiger partial charge in [-0.15, -0.1) is 11.6 Å². The van der Waals surface area contributed by atoms with Gasteiger partial charge in [0.25, 0.3) is 0 Å². The van der Waals surface area contributed by atoms with Gasteiger partial charge in [0.2, 0.25) is 0 Å². The van der Waals surface area contributed by atoms with Gasteiger partial charge >= 0.3 is 0 Å². The molecule has 0 spiro atoms. The number of anilines is 1. The highest BCUT2D eigenvalue weighted by molar-refractivity contribution is 6.17. The SMILES string of the molecule is CCCN(c1nccc(CCl)c1F)C1CC1. The number of alkyl halides is 1. The number of nitrogens with zero attached hydrogens (tertiary/aromatic N) is 2. The lowest BCUT2D eigenvalue weighted by Gasteiger charge is -2.23. The van der Waals surface area contributed by atoms with Crippen molar-refractivity contribution >= 4 is 17.4 Å². The summed E-state index contributed by atoms with van der Waals surface area (Å²) in [6.45, 7) is 2.96. The first kappa shape index (κ1) is 11.6. The summed E-state index contributed by atoms with van der Waals surface area (Å²) >= 11 is 5.69. The Kier molecular flexibility index (Phi) is 3.64. The first-order valence-electron chi connectivity index (χ1n) is 5.74. The quantitative estimate of drug-likeness (QED) is 0.737. The van der Waals surface area contributed by atoms with E-state index >= 15 is 0 Å². The Hall–Kier alpha value is -0.830. The first-order chi connectivity index (χ1) is 7.77. The zero-order chi connectivity index (χ0) is 11.5. The highest BCUT2D eigenvalue weighted by atomic mass is 35.5. The predicted molar refractivity (Wildman–Crippen MR) is 64.4 cm³/mol. The van der Waals surface area contributed by atoms with Crippen LogP contribution in [0.4, 0.5) is 10.2 Å². The van der Waals surface area contributed by atoms with Gasteiger partial charge in [0, 0.05) is 24.3 Å². The van der Waals surface area contributed by atoms with Crippen LogP contribution >= 0.6 is 11.6 Å². The number of halogens is 2. The third-order valence-corrected chi connectivity index (χ3v) is 3.11. The molecule has 16 heavy (non-hydrogen) atoms. The molecule has 2 rings (SSSR count). The van der Waals surface area contributed by atoms with Crippen molar-refractivity contribution < 1.29 is 4.39 Å². The molecule has 0 saturated heterocycles. The van der Waals surface area contributed by atoms with Crippen LogP contribution in [0.25, 0.3) is 0 Å². The maximum atomic E-state index is 14.0. The predicted octanol–water partition coefficient (Wildman–Crippen LogP) is 3.34. The molecule has 1 aromatic heterocycles. The standard InChI is InChI=1S/C12H16ClFN2/c1-2-7-16(10-3-4-10)12-11(14)9(8-13)5-6-15-12/h5-6,10H,2-4,7-8H2,1H3. The Morgan fingerprint density at radius 3 is 2.88 bits per heavy atom. The van der Waals surface area contributed by atoms with Gasteiger partial charge < -0.3 is 4.90 Å². The first-order valence-corrected chi connectivity index (χ1v) is 6.27. The van der Waals surface area contributed by atoms with Crippen molar-refractivity contribution in [3.63, 3.8) is 0 Å². The van der Waals surface area contributed by atoms with Gasteiger partial charge in [-0.25, -0.2) is 9.37 Å². The summed E-state index contributed by atoms with van der Waals surface area (Å²) < 4.78 is 14.0. The molecule has 1 fully saturated rings. The molecular weight excluding hydrogens is 227 g/mol. The monoisotopic (exact) mass is 242 g/mol. The van der Waals surface area contributed by atoms with Crippen LogP contribution in [0.5, 0.6) is 0 Å². The molecular formula is C12H16ClFN2. The second-order valence-electron chi connectivity index (χ2n) is 4.17. The smallest absolute Gasteiger partial charge is 0.170 e. The van der Waals surface area contributed by atoms with E-state index in [0.29, 0.717) is 17.4 Å². The summed E-state index contributed by atoms with van der Waals surface area (Å²) in [5.74, 6) is 0.423. The van der Waals surface area contributed by atoms with E-state index in [9.17, 15) is 4.39 Å². The molecule has 0 amide bonds. The van der Waals surface area contributed by atoms with Crippen LogP contribution in [0.3, 0.4) is 0 Å². The van der Waals surface area contributed by atoms with E-state index in [1.165, 1.54) is 0 Å². The highest BCUT2D eigenvalue weighted by Crippen LogP contribution is 2.32. The Bertz CT molecular complexity index is 366. The highest BCUT2D eigenvalue weighted by Gasteiger charge is 2.31. The molecule has 1 saturated carbocycles. The number of aromatic nitrogens is 1. The van der Waals surface area contributed by atoms with Gasteiger partial charge in [-0.3, -0.25) is 0 Å². The van der Waals surface area contributed by atoms with Crippen molar-refractivity contribution in [3.8, 4) is 0 Å². The van der Waals surface area contributed by atoms with Crippen molar-refractivity contribution in [2.24, 2.45) is 0 Å². The number of pyridine rings is 1. The lowest BCUT2D eigenvalue weighted by atomic mass is 10.2. The third-order valence-electron chi connectivity index (χ3n) is 2.82. The van der Waals surface area contributed by atoms with Gasteiger partial charge in [0.05, 0.1) is 5.88 Å². The normalized spacial score (nSPS) is 15.2. The van der Waals surface area contributed by atoms with Gasteiger partial charge in [-0.2, -0.15) is 0 Å². The molecule has 0 aliphatic heterocycles. The van der Waals surface area contributed by atoms with Crippen LogP contribution < -0.4 is 4.90 Å². The molecule has 1 heterocycles. The summed E-state index contributed by atoms with van der Waals surface area (Å²) in [4.78, 5) is 6.23. The maximum absolute atomic E-state index is 14.0. The Morgan fingerprint density at radius 1 is 1.56 bits per heavy atom. The van der Waals surface area contributed by atoms with Gasteiger partial charge in [0.15, 0.2) is 11.6 Å². The summed E-state index contributed by atoms with van der Waals surface area (Å²) in [6.07, 6.45) is 4.93. The van der Waals surface area contributed by atoms with Crippen molar-refractivity contribution in [1.82, 2.24) is 4.98 Å². The fourth-order valence-corrected chi connectivity index (χ4v) is 2.07. The summed E-state index contributed by atoms with van der Waals surface area (Å²) in [5, 5.41) is 0. The molecule has 1 aromatic rings. The molecule has 2 nitrogen and oxygen atoms in total. The van der Waals surface area contributed by atoms with E-state index in [0.717, 1.165) is 25.8 Å². The van der Waals surface area contributed by atoms with Gasteiger partial charge in [-0.1, -0.05) is 6.92 Å². The molecule has 0 radical (unpaired) electrons. The minimum absolute atomic E-state index is 0.200. The maximum Gasteiger partial charge on any atom is 0.170 e. The Balaban J connectivity index is 2.29. The average Bonchev–Trinajstić information content (AvgIpc) is 3.11. The zero-order valence-electron chi connectivity index (χ0n) is 9.42. The topological polar surface area (TPSA) is 16.1 Å². The number of hydrogen-bond acceptors (Lipinski definition) is 2. The molecule has 88 valence electrons. The van der Waals surface area contributed by atoms with E-state index < -0.39 is 0 Å². The molecule has 0 bridgehead atoms. The van der Waals surface area contributed by atoms with E-state index in [2.05, 4.69) is 16.8 Å². The summed E-state index contributed by atoms with van der Waals surface area (Å²) in [5.41, 5.74) is 0.536. The minimum Gasteiger partial charge on any atom is -0.351 e. The van der Waals surface area contributed by atoms with Crippen LogP contribution in [0, 0.1) is 5.82 Å². The Morgan fingerprint density at radius 2 is 2.31 bits per heavy atom. The van der Waals surface area contributed by atoms with Crippen LogP contribution in [0.15, 0.2) is 12.3 Å². The molecule has 0 unspecified atom stereocenters. The van der Waals surface area contributed by atoms with Gasteiger partial charge in [-0.05, 0) is 25.3 Å². The van der Waals surface area contributed by atoms with E-state index in [4.69, 9.17) is 11.6 Å². The van der Waals surface area contributed by atoms with Crippen LogP contribution in [0.2, 0.25) is 0 Å². The second kappa shape index (κ2) is 5.00. The van der Waals surface area contributed by atoms with Crippen LogP contribution in [0.1, 0.15) is 31.7 Å². The summed E-state index contributed by atoms with van der Waals surface area (Å²) in [7, 11) is 0. The van der Waals surface area contributed by atoms with E-state index in [-0.39, 0.29) is 11.7 Å². The van der Waals surface area contributed by atoms with Crippen LogP contribution in [-0.4, -0.2) is 17.6 Å².